The number of hydrogen-bond acceptors (Lipinski definition) is 4. The van der Waals surface area contributed by atoms with Gasteiger partial charge in [0.2, 0.25) is 0 Å². The molecule has 0 aliphatic heterocycles. The molecule has 2 rings (SSSR count). The van der Waals surface area contributed by atoms with Crippen LogP contribution < -0.4 is 16.6 Å². The van der Waals surface area contributed by atoms with Gasteiger partial charge in [0.15, 0.2) is 0 Å². The molecule has 0 radical (unpaired) electrons. The Kier molecular flexibility index (Phi) is 3.79. The minimum Gasteiger partial charge on any atom is -0.398 e. The molecule has 0 spiro atoms. The largest absolute Gasteiger partial charge is 0.398 e. The van der Waals surface area contributed by atoms with Gasteiger partial charge in [-0.15, -0.1) is 0 Å². The lowest BCUT2D eigenvalue weighted by molar-refractivity contribution is 0.801. The number of hydrazine groups is 1. The van der Waals surface area contributed by atoms with Crippen LogP contribution in [0.15, 0.2) is 48.5 Å². The summed E-state index contributed by atoms with van der Waals surface area (Å²) >= 11 is 0. The van der Waals surface area contributed by atoms with Crippen molar-refractivity contribution >= 4 is 11.4 Å². The molecule has 4 heteroatoms. The highest BCUT2D eigenvalue weighted by atomic mass is 15.3. The number of hydrogen-bond donors (Lipinski definition) is 3. The van der Waals surface area contributed by atoms with Crippen LogP contribution in [0.3, 0.4) is 0 Å². The van der Waals surface area contributed by atoms with Gasteiger partial charge in [0.05, 0.1) is 5.56 Å². The summed E-state index contributed by atoms with van der Waals surface area (Å²) in [6, 6.07) is 17.3. The highest BCUT2D eigenvalue weighted by molar-refractivity contribution is 5.55. The van der Waals surface area contributed by atoms with Crippen LogP contribution in [-0.4, -0.2) is 0 Å². The monoisotopic (exact) mass is 238 g/mol. The van der Waals surface area contributed by atoms with Crippen molar-refractivity contribution in [2.45, 2.75) is 6.54 Å². The second kappa shape index (κ2) is 5.71. The number of para-hydroxylation sites is 1. The number of nitrogens with zero attached hydrogens (tertiary/aromatic N) is 1. The topological polar surface area (TPSA) is 73.9 Å². The molecule has 2 aromatic carbocycles. The summed E-state index contributed by atoms with van der Waals surface area (Å²) in [7, 11) is 0. The van der Waals surface area contributed by atoms with E-state index >= 15 is 0 Å². The molecule has 0 aliphatic rings. The fourth-order valence-electron chi connectivity index (χ4n) is 1.58. The first-order chi connectivity index (χ1) is 8.79. The van der Waals surface area contributed by atoms with E-state index in [1.807, 2.05) is 36.4 Å². The molecular weight excluding hydrogens is 224 g/mol. The molecular formula is C14H14N4. The Morgan fingerprint density at radius 2 is 1.89 bits per heavy atom. The molecule has 4 N–H and O–H groups in total. The van der Waals surface area contributed by atoms with Crippen LogP contribution in [0.25, 0.3) is 0 Å². The van der Waals surface area contributed by atoms with Gasteiger partial charge in [-0.25, -0.2) is 5.43 Å². The lowest BCUT2D eigenvalue weighted by Crippen LogP contribution is -2.20. The predicted molar refractivity (Wildman–Crippen MR) is 72.5 cm³/mol. The van der Waals surface area contributed by atoms with Crippen LogP contribution in [0.5, 0.6) is 0 Å². The summed E-state index contributed by atoms with van der Waals surface area (Å²) in [6.07, 6.45) is 0. The Labute approximate surface area is 106 Å². The summed E-state index contributed by atoms with van der Waals surface area (Å²) in [6.45, 7) is 0.615. The molecule has 90 valence electrons. The Morgan fingerprint density at radius 3 is 2.61 bits per heavy atom. The van der Waals surface area contributed by atoms with Gasteiger partial charge in [0, 0.05) is 17.9 Å². The summed E-state index contributed by atoms with van der Waals surface area (Å²) in [5, 5.41) is 8.88. The van der Waals surface area contributed by atoms with E-state index in [2.05, 4.69) is 16.9 Å². The van der Waals surface area contributed by atoms with Gasteiger partial charge in [-0.05, 0) is 29.8 Å². The average Bonchev–Trinajstić information content (AvgIpc) is 2.42. The zero-order valence-electron chi connectivity index (χ0n) is 9.85. The minimum atomic E-state index is 0.508. The van der Waals surface area contributed by atoms with Crippen LogP contribution in [-0.2, 0) is 6.54 Å². The van der Waals surface area contributed by atoms with Crippen LogP contribution >= 0.6 is 0 Å². The molecule has 0 aromatic heterocycles. The highest BCUT2D eigenvalue weighted by Crippen LogP contribution is 2.12. The standard InChI is InChI=1S/C14H14N4/c15-9-12-8-11(6-7-14(12)16)10-17-18-13-4-2-1-3-5-13/h1-8,17-18H,10,16H2. The molecule has 0 heterocycles. The van der Waals surface area contributed by atoms with Crippen molar-refractivity contribution in [3.05, 3.63) is 59.7 Å². The molecule has 0 fully saturated rings. The molecule has 0 amide bonds. The zero-order chi connectivity index (χ0) is 12.8. The molecule has 0 bridgehead atoms. The van der Waals surface area contributed by atoms with Crippen LogP contribution in [0.1, 0.15) is 11.1 Å². The van der Waals surface area contributed by atoms with Crippen molar-refractivity contribution in [3.63, 3.8) is 0 Å². The molecule has 0 saturated carbocycles. The molecule has 0 saturated heterocycles. The van der Waals surface area contributed by atoms with Gasteiger partial charge in [-0.2, -0.15) is 5.26 Å². The van der Waals surface area contributed by atoms with Crippen molar-refractivity contribution in [2.75, 3.05) is 11.2 Å². The second-order valence-electron chi connectivity index (χ2n) is 3.88. The first kappa shape index (κ1) is 12.0. The molecule has 0 unspecified atom stereocenters. The lowest BCUT2D eigenvalue weighted by atomic mass is 10.1. The van der Waals surface area contributed by atoms with Crippen molar-refractivity contribution < 1.29 is 0 Å². The Balaban J connectivity index is 1.93. The third-order valence-electron chi connectivity index (χ3n) is 2.54. The van der Waals surface area contributed by atoms with Crippen molar-refractivity contribution in [1.82, 2.24) is 5.43 Å². The summed E-state index contributed by atoms with van der Waals surface area (Å²) in [4.78, 5) is 0. The first-order valence-corrected chi connectivity index (χ1v) is 5.62. The molecule has 0 atom stereocenters. The van der Waals surface area contributed by atoms with Crippen LogP contribution in [0.4, 0.5) is 11.4 Å². The quantitative estimate of drug-likeness (QED) is 0.564. The Morgan fingerprint density at radius 1 is 1.11 bits per heavy atom. The lowest BCUT2D eigenvalue weighted by Gasteiger charge is -2.09. The van der Waals surface area contributed by atoms with Gasteiger partial charge in [-0.1, -0.05) is 24.3 Å². The normalized spacial score (nSPS) is 9.72. The molecule has 0 aliphatic carbocycles. The Bertz CT molecular complexity index is 558. The zero-order valence-corrected chi connectivity index (χ0v) is 9.85. The highest BCUT2D eigenvalue weighted by Gasteiger charge is 1.99. The third kappa shape index (κ3) is 3.00. The predicted octanol–water partition coefficient (Wildman–Crippen LogP) is 2.26. The van der Waals surface area contributed by atoms with Crippen LogP contribution in [0.2, 0.25) is 0 Å². The maximum Gasteiger partial charge on any atom is 0.101 e. The van der Waals surface area contributed by atoms with E-state index in [1.165, 1.54) is 0 Å². The molecule has 18 heavy (non-hydrogen) atoms. The number of anilines is 2. The number of nitriles is 1. The van der Waals surface area contributed by atoms with Crippen molar-refractivity contribution in [2.24, 2.45) is 0 Å². The number of nitrogens with two attached hydrogens (primary N) is 1. The van der Waals surface area contributed by atoms with Crippen LogP contribution in [0, 0.1) is 11.3 Å². The van der Waals surface area contributed by atoms with E-state index in [9.17, 15) is 0 Å². The summed E-state index contributed by atoms with van der Waals surface area (Å²) < 4.78 is 0. The molecule has 2 aromatic rings. The van der Waals surface area contributed by atoms with Gasteiger partial charge in [0.1, 0.15) is 6.07 Å². The van der Waals surface area contributed by atoms with Gasteiger partial charge >= 0.3 is 0 Å². The van der Waals surface area contributed by atoms with Gasteiger partial charge in [-0.3, -0.25) is 0 Å². The maximum absolute atomic E-state index is 8.88. The van der Waals surface area contributed by atoms with Crippen molar-refractivity contribution in [3.8, 4) is 6.07 Å². The fraction of sp³-hybridized carbons (Fsp3) is 0.0714. The van der Waals surface area contributed by atoms with Gasteiger partial charge in [0.25, 0.3) is 0 Å². The summed E-state index contributed by atoms with van der Waals surface area (Å²) in [5.74, 6) is 0. The van der Waals surface area contributed by atoms with E-state index in [1.54, 1.807) is 12.1 Å². The number of benzene rings is 2. The number of nitrogens with one attached hydrogen (secondary N) is 2. The number of nitrogen functional groups attached to an aromatic ring is 1. The van der Waals surface area contributed by atoms with E-state index in [0.29, 0.717) is 17.8 Å². The smallest absolute Gasteiger partial charge is 0.101 e. The van der Waals surface area contributed by atoms with Gasteiger partial charge < -0.3 is 11.2 Å². The van der Waals surface area contributed by atoms with E-state index in [-0.39, 0.29) is 0 Å². The average molecular weight is 238 g/mol. The van der Waals surface area contributed by atoms with E-state index in [4.69, 9.17) is 11.0 Å². The number of rotatable bonds is 4. The Hall–Kier alpha value is -2.51. The SMILES string of the molecule is N#Cc1cc(CNNc2ccccc2)ccc1N. The third-order valence-corrected chi connectivity index (χ3v) is 2.54. The van der Waals surface area contributed by atoms with Crippen molar-refractivity contribution in [1.29, 1.82) is 5.26 Å². The van der Waals surface area contributed by atoms with E-state index in [0.717, 1.165) is 11.3 Å². The first-order valence-electron chi connectivity index (χ1n) is 5.62. The fourth-order valence-corrected chi connectivity index (χ4v) is 1.58. The second-order valence-corrected chi connectivity index (χ2v) is 3.88. The maximum atomic E-state index is 8.88. The van der Waals surface area contributed by atoms with E-state index < -0.39 is 0 Å². The minimum absolute atomic E-state index is 0.508. The summed E-state index contributed by atoms with van der Waals surface area (Å²) in [5.41, 5.74) is 14.8. The molecule has 4 nitrogen and oxygen atoms in total.